The third kappa shape index (κ3) is 2.34. The summed E-state index contributed by atoms with van der Waals surface area (Å²) in [6, 6.07) is 3.75. The van der Waals surface area contributed by atoms with E-state index in [-0.39, 0.29) is 4.99 Å². The monoisotopic (exact) mass is 276 g/mol. The zero-order valence-electron chi connectivity index (χ0n) is 9.59. The zero-order chi connectivity index (χ0) is 12.5. The van der Waals surface area contributed by atoms with Gasteiger partial charge in [0.05, 0.1) is 11.4 Å². The number of aromatic nitrogens is 2. The molecule has 3 N–H and O–H groups in total. The molecule has 2 heterocycles. The van der Waals surface area contributed by atoms with Crippen molar-refractivity contribution >= 4 is 39.4 Å². The van der Waals surface area contributed by atoms with Crippen LogP contribution in [0.2, 0.25) is 0 Å². The molecular weight excluding hydrogens is 264 g/mol. The van der Waals surface area contributed by atoms with E-state index in [0.717, 1.165) is 10.8 Å². The zero-order valence-corrected chi connectivity index (χ0v) is 11.2. The fraction of sp³-hybridized carbons (Fsp3) is 0.250. The van der Waals surface area contributed by atoms with Gasteiger partial charge in [-0.2, -0.15) is 0 Å². The number of hydrogen-bond donors (Lipinski definition) is 2. The SMILES string of the molecule is NC(=S)c1ncccc1Nc1nc(C2CC2)cs1. The molecule has 2 aromatic heterocycles. The number of pyridine rings is 1. The molecule has 3 rings (SSSR count). The molecule has 4 nitrogen and oxygen atoms in total. The van der Waals surface area contributed by atoms with Crippen LogP contribution >= 0.6 is 23.6 Å². The Labute approximate surface area is 114 Å². The highest BCUT2D eigenvalue weighted by molar-refractivity contribution is 7.80. The van der Waals surface area contributed by atoms with Crippen LogP contribution in [0.3, 0.4) is 0 Å². The minimum absolute atomic E-state index is 0.289. The molecule has 1 saturated carbocycles. The first-order chi connectivity index (χ1) is 8.74. The van der Waals surface area contributed by atoms with Crippen LogP contribution in [0.5, 0.6) is 0 Å². The van der Waals surface area contributed by atoms with Crippen LogP contribution in [0.1, 0.15) is 30.1 Å². The Morgan fingerprint density at radius 2 is 2.33 bits per heavy atom. The largest absolute Gasteiger partial charge is 0.388 e. The van der Waals surface area contributed by atoms with Gasteiger partial charge in [0.1, 0.15) is 10.7 Å². The van der Waals surface area contributed by atoms with Crippen LogP contribution in [-0.4, -0.2) is 15.0 Å². The molecule has 92 valence electrons. The summed E-state index contributed by atoms with van der Waals surface area (Å²) in [5.74, 6) is 0.667. The number of thiocarbonyl (C=S) groups is 1. The summed E-state index contributed by atoms with van der Waals surface area (Å²) in [5.41, 5.74) is 8.24. The van der Waals surface area contributed by atoms with E-state index >= 15 is 0 Å². The van der Waals surface area contributed by atoms with Gasteiger partial charge in [-0.25, -0.2) is 4.98 Å². The molecule has 0 aromatic carbocycles. The second-order valence-electron chi connectivity index (χ2n) is 4.24. The van der Waals surface area contributed by atoms with Crippen molar-refractivity contribution in [3.63, 3.8) is 0 Å². The van der Waals surface area contributed by atoms with Gasteiger partial charge >= 0.3 is 0 Å². The summed E-state index contributed by atoms with van der Waals surface area (Å²) < 4.78 is 0. The molecule has 0 unspecified atom stereocenters. The molecule has 0 bridgehead atoms. The topological polar surface area (TPSA) is 63.8 Å². The molecule has 0 aliphatic heterocycles. The number of rotatable bonds is 4. The fourth-order valence-corrected chi connectivity index (χ4v) is 2.70. The molecule has 1 aliphatic carbocycles. The lowest BCUT2D eigenvalue weighted by Gasteiger charge is -2.06. The van der Waals surface area contributed by atoms with Crippen molar-refractivity contribution < 1.29 is 0 Å². The summed E-state index contributed by atoms with van der Waals surface area (Å²) in [6.45, 7) is 0. The van der Waals surface area contributed by atoms with Gasteiger partial charge in [0, 0.05) is 17.5 Å². The Morgan fingerprint density at radius 3 is 3.06 bits per heavy atom. The summed E-state index contributed by atoms with van der Waals surface area (Å²) in [6.07, 6.45) is 4.19. The number of nitrogens with one attached hydrogen (secondary N) is 1. The van der Waals surface area contributed by atoms with E-state index in [0.29, 0.717) is 11.6 Å². The van der Waals surface area contributed by atoms with Crippen molar-refractivity contribution in [2.24, 2.45) is 5.73 Å². The second-order valence-corrected chi connectivity index (χ2v) is 5.54. The molecule has 1 fully saturated rings. The maximum atomic E-state index is 5.64. The predicted octanol–water partition coefficient (Wildman–Crippen LogP) is 2.79. The fourth-order valence-electron chi connectivity index (χ4n) is 1.73. The van der Waals surface area contributed by atoms with E-state index < -0.39 is 0 Å². The molecule has 0 radical (unpaired) electrons. The number of nitrogens with two attached hydrogens (primary N) is 1. The van der Waals surface area contributed by atoms with Gasteiger partial charge in [-0.1, -0.05) is 12.2 Å². The molecule has 0 saturated heterocycles. The summed E-state index contributed by atoms with van der Waals surface area (Å²) in [7, 11) is 0. The average Bonchev–Trinajstić information content (AvgIpc) is 3.11. The van der Waals surface area contributed by atoms with E-state index in [1.54, 1.807) is 17.5 Å². The lowest BCUT2D eigenvalue weighted by Crippen LogP contribution is -2.13. The first-order valence-corrected chi connectivity index (χ1v) is 7.00. The quantitative estimate of drug-likeness (QED) is 0.841. The van der Waals surface area contributed by atoms with Crippen molar-refractivity contribution in [2.75, 3.05) is 5.32 Å². The average molecular weight is 276 g/mol. The van der Waals surface area contributed by atoms with E-state index in [1.807, 2.05) is 12.1 Å². The third-order valence-corrected chi connectivity index (χ3v) is 3.77. The number of hydrogen-bond acceptors (Lipinski definition) is 5. The molecule has 6 heteroatoms. The van der Waals surface area contributed by atoms with E-state index in [4.69, 9.17) is 18.0 Å². The number of nitrogens with zero attached hydrogens (tertiary/aromatic N) is 2. The summed E-state index contributed by atoms with van der Waals surface area (Å²) in [5, 5.41) is 6.21. The van der Waals surface area contributed by atoms with Gasteiger partial charge in [0.2, 0.25) is 0 Å². The Kier molecular flexibility index (Phi) is 2.97. The van der Waals surface area contributed by atoms with Crippen LogP contribution in [0.4, 0.5) is 10.8 Å². The maximum absolute atomic E-state index is 5.64. The van der Waals surface area contributed by atoms with Crippen molar-refractivity contribution in [1.29, 1.82) is 0 Å². The molecule has 0 atom stereocenters. The van der Waals surface area contributed by atoms with E-state index in [2.05, 4.69) is 20.7 Å². The lowest BCUT2D eigenvalue weighted by atomic mass is 10.3. The first kappa shape index (κ1) is 11.6. The van der Waals surface area contributed by atoms with Gasteiger partial charge in [0.15, 0.2) is 5.13 Å². The van der Waals surface area contributed by atoms with Crippen molar-refractivity contribution in [3.8, 4) is 0 Å². The van der Waals surface area contributed by atoms with Gasteiger partial charge in [-0.05, 0) is 25.0 Å². The first-order valence-electron chi connectivity index (χ1n) is 5.71. The summed E-state index contributed by atoms with van der Waals surface area (Å²) in [4.78, 5) is 9.03. The highest BCUT2D eigenvalue weighted by Crippen LogP contribution is 2.41. The minimum Gasteiger partial charge on any atom is -0.388 e. The standard InChI is InChI=1S/C12H12N4S2/c13-11(17)10-8(2-1-5-14-10)15-12-16-9(6-18-12)7-3-4-7/h1-2,5-7H,3-4H2,(H2,13,17)(H,15,16). The molecule has 2 aromatic rings. The predicted molar refractivity (Wildman–Crippen MR) is 77.5 cm³/mol. The van der Waals surface area contributed by atoms with Crippen LogP contribution in [0.25, 0.3) is 0 Å². The van der Waals surface area contributed by atoms with Crippen molar-refractivity contribution in [3.05, 3.63) is 35.1 Å². The van der Waals surface area contributed by atoms with Crippen molar-refractivity contribution in [1.82, 2.24) is 9.97 Å². The smallest absolute Gasteiger partial charge is 0.187 e. The van der Waals surface area contributed by atoms with E-state index in [9.17, 15) is 0 Å². The van der Waals surface area contributed by atoms with Crippen LogP contribution < -0.4 is 11.1 Å². The second kappa shape index (κ2) is 4.62. The Hall–Kier alpha value is -1.53. The molecule has 0 amide bonds. The van der Waals surface area contributed by atoms with E-state index in [1.165, 1.54) is 18.5 Å². The maximum Gasteiger partial charge on any atom is 0.187 e. The highest BCUT2D eigenvalue weighted by atomic mass is 32.1. The molecule has 18 heavy (non-hydrogen) atoms. The highest BCUT2D eigenvalue weighted by Gasteiger charge is 2.26. The van der Waals surface area contributed by atoms with Gasteiger partial charge in [-0.3, -0.25) is 4.98 Å². The minimum atomic E-state index is 0.289. The van der Waals surface area contributed by atoms with Crippen LogP contribution in [-0.2, 0) is 0 Å². The lowest BCUT2D eigenvalue weighted by molar-refractivity contribution is 1.05. The van der Waals surface area contributed by atoms with Gasteiger partial charge in [0.25, 0.3) is 0 Å². The Balaban J connectivity index is 1.84. The molecule has 0 spiro atoms. The number of thiazole rings is 1. The van der Waals surface area contributed by atoms with Crippen LogP contribution in [0.15, 0.2) is 23.7 Å². The normalized spacial score (nSPS) is 14.4. The van der Waals surface area contributed by atoms with Crippen molar-refractivity contribution in [2.45, 2.75) is 18.8 Å². The molecular formula is C12H12N4S2. The van der Waals surface area contributed by atoms with Gasteiger partial charge in [-0.15, -0.1) is 11.3 Å². The number of anilines is 2. The van der Waals surface area contributed by atoms with Gasteiger partial charge < -0.3 is 11.1 Å². The van der Waals surface area contributed by atoms with Crippen LogP contribution in [0, 0.1) is 0 Å². The summed E-state index contributed by atoms with van der Waals surface area (Å²) >= 11 is 6.58. The third-order valence-electron chi connectivity index (χ3n) is 2.80. The Morgan fingerprint density at radius 1 is 1.50 bits per heavy atom. The Bertz CT molecular complexity index is 589. The molecule has 1 aliphatic rings.